The monoisotopic (exact) mass is 625 g/mol. The number of unbranched alkanes of at least 4 members (excludes halogenated alkanes) is 21. The third-order valence-electron chi connectivity index (χ3n) is 8.16. The largest absolute Gasteiger partial charge is 0.354 e. The molecule has 0 aromatic carbocycles. The SMILES string of the molecule is CCCCCCCCCCCCCCCCCCCC(=O)NC(CCCNC(=N)N[N+](=O)[O-])C(=O)NCCCCCCCC. The number of hydrogen-bond donors (Lipinski definition) is 5. The summed E-state index contributed by atoms with van der Waals surface area (Å²) in [5, 5.41) is 25.6. The maximum absolute atomic E-state index is 12.8. The standard InChI is InChI=1S/C34H68N6O4/c1-3-5-7-9-11-12-13-14-15-16-17-18-19-20-21-22-24-28-32(41)38-31(27-26-30-37-34(35)39-40(43)44)33(42)36-29-25-23-10-8-6-4-2/h31H,3-30H2,1-2H3,(H,36,42)(H,38,41)(H3,35,37,39). The first kappa shape index (κ1) is 41.6. The Kier molecular flexibility index (Phi) is 30.3. The molecule has 0 bridgehead atoms. The molecule has 0 aromatic heterocycles. The lowest BCUT2D eigenvalue weighted by molar-refractivity contribution is -0.525. The fourth-order valence-electron chi connectivity index (χ4n) is 5.44. The first-order valence-corrected chi connectivity index (χ1v) is 18.2. The van der Waals surface area contributed by atoms with Crippen molar-refractivity contribution in [2.45, 2.75) is 187 Å². The number of nitrogens with one attached hydrogen (secondary N) is 5. The molecule has 1 unspecified atom stereocenters. The van der Waals surface area contributed by atoms with Crippen molar-refractivity contribution < 1.29 is 14.6 Å². The number of rotatable bonds is 32. The summed E-state index contributed by atoms with van der Waals surface area (Å²) in [5.74, 6) is -0.698. The second kappa shape index (κ2) is 32.0. The molecular formula is C34H68N6O4. The van der Waals surface area contributed by atoms with E-state index in [1.54, 1.807) is 5.43 Å². The van der Waals surface area contributed by atoms with Gasteiger partial charge in [0.05, 0.1) is 0 Å². The fraction of sp³-hybridized carbons (Fsp3) is 0.912. The predicted molar refractivity (Wildman–Crippen MR) is 182 cm³/mol. The van der Waals surface area contributed by atoms with Gasteiger partial charge in [0.2, 0.25) is 11.8 Å². The summed E-state index contributed by atoms with van der Waals surface area (Å²) < 4.78 is 0. The van der Waals surface area contributed by atoms with E-state index < -0.39 is 17.0 Å². The van der Waals surface area contributed by atoms with Crippen LogP contribution in [0.3, 0.4) is 0 Å². The molecule has 0 aliphatic rings. The number of carbonyl (C=O) groups is 2. The number of nitrogens with zero attached hydrogens (tertiary/aromatic N) is 1. The second-order valence-electron chi connectivity index (χ2n) is 12.4. The molecule has 5 N–H and O–H groups in total. The Morgan fingerprint density at radius 2 is 1.02 bits per heavy atom. The number of nitro groups is 1. The van der Waals surface area contributed by atoms with Gasteiger partial charge in [0.15, 0.2) is 5.03 Å². The van der Waals surface area contributed by atoms with E-state index in [9.17, 15) is 19.7 Å². The van der Waals surface area contributed by atoms with E-state index in [-0.39, 0.29) is 18.4 Å². The zero-order valence-electron chi connectivity index (χ0n) is 28.5. The van der Waals surface area contributed by atoms with Crippen molar-refractivity contribution in [3.8, 4) is 0 Å². The van der Waals surface area contributed by atoms with Crippen LogP contribution in [0.25, 0.3) is 0 Å². The second-order valence-corrected chi connectivity index (χ2v) is 12.4. The van der Waals surface area contributed by atoms with Crippen molar-refractivity contribution in [3.05, 3.63) is 10.1 Å². The Morgan fingerprint density at radius 3 is 1.48 bits per heavy atom. The number of guanidine groups is 1. The van der Waals surface area contributed by atoms with E-state index >= 15 is 0 Å². The summed E-state index contributed by atoms with van der Waals surface area (Å²) in [6.07, 6.45) is 30.1. The van der Waals surface area contributed by atoms with E-state index in [1.807, 2.05) is 0 Å². The molecule has 44 heavy (non-hydrogen) atoms. The highest BCUT2D eigenvalue weighted by molar-refractivity contribution is 5.87. The van der Waals surface area contributed by atoms with Crippen LogP contribution in [0, 0.1) is 15.5 Å². The molecule has 0 fully saturated rings. The molecule has 0 spiro atoms. The van der Waals surface area contributed by atoms with Crippen molar-refractivity contribution in [2.75, 3.05) is 13.1 Å². The van der Waals surface area contributed by atoms with E-state index in [0.29, 0.717) is 25.8 Å². The van der Waals surface area contributed by atoms with Crippen molar-refractivity contribution in [1.29, 1.82) is 5.41 Å². The molecule has 258 valence electrons. The Labute approximate surface area is 269 Å². The lowest BCUT2D eigenvalue weighted by atomic mass is 10.0. The van der Waals surface area contributed by atoms with E-state index in [0.717, 1.165) is 32.1 Å². The lowest BCUT2D eigenvalue weighted by Crippen LogP contribution is -2.47. The van der Waals surface area contributed by atoms with Crippen molar-refractivity contribution in [2.24, 2.45) is 0 Å². The zero-order chi connectivity index (χ0) is 32.5. The molecule has 0 aromatic rings. The van der Waals surface area contributed by atoms with Crippen LogP contribution in [-0.2, 0) is 9.59 Å². The molecule has 0 rings (SSSR count). The van der Waals surface area contributed by atoms with Crippen LogP contribution in [0.1, 0.15) is 181 Å². The molecule has 0 saturated carbocycles. The number of carbonyl (C=O) groups excluding carboxylic acids is 2. The van der Waals surface area contributed by atoms with Crippen LogP contribution in [0.4, 0.5) is 0 Å². The van der Waals surface area contributed by atoms with Crippen molar-refractivity contribution in [3.63, 3.8) is 0 Å². The number of amides is 2. The highest BCUT2D eigenvalue weighted by atomic mass is 16.7. The third-order valence-corrected chi connectivity index (χ3v) is 8.16. The summed E-state index contributed by atoms with van der Waals surface area (Å²) in [6.45, 7) is 5.33. The van der Waals surface area contributed by atoms with Gasteiger partial charge in [-0.05, 0) is 25.7 Å². The van der Waals surface area contributed by atoms with Gasteiger partial charge in [-0.2, -0.15) is 0 Å². The minimum atomic E-state index is -0.798. The van der Waals surface area contributed by atoms with Gasteiger partial charge < -0.3 is 16.0 Å². The van der Waals surface area contributed by atoms with Gasteiger partial charge in [0.25, 0.3) is 5.96 Å². The highest BCUT2D eigenvalue weighted by Gasteiger charge is 2.20. The van der Waals surface area contributed by atoms with Crippen LogP contribution in [0.2, 0.25) is 0 Å². The Hall–Kier alpha value is -2.39. The normalized spacial score (nSPS) is 11.6. The summed E-state index contributed by atoms with van der Waals surface area (Å²) in [4.78, 5) is 35.9. The topological polar surface area (TPSA) is 149 Å². The zero-order valence-corrected chi connectivity index (χ0v) is 28.5. The van der Waals surface area contributed by atoms with Gasteiger partial charge in [0, 0.05) is 19.5 Å². The third kappa shape index (κ3) is 29.7. The molecule has 0 aliphatic heterocycles. The molecule has 0 aliphatic carbocycles. The van der Waals surface area contributed by atoms with E-state index in [4.69, 9.17) is 5.41 Å². The van der Waals surface area contributed by atoms with Gasteiger partial charge in [-0.25, -0.2) is 10.1 Å². The molecule has 0 heterocycles. The maximum atomic E-state index is 12.8. The van der Waals surface area contributed by atoms with E-state index in [2.05, 4.69) is 29.8 Å². The molecule has 2 amide bonds. The maximum Gasteiger partial charge on any atom is 0.251 e. The van der Waals surface area contributed by atoms with Crippen LogP contribution in [0.15, 0.2) is 0 Å². The average Bonchev–Trinajstić information content (AvgIpc) is 2.99. The van der Waals surface area contributed by atoms with Gasteiger partial charge in [-0.3, -0.25) is 15.0 Å². The van der Waals surface area contributed by atoms with Crippen LogP contribution in [0.5, 0.6) is 0 Å². The first-order chi connectivity index (χ1) is 21.4. The van der Waals surface area contributed by atoms with E-state index in [1.165, 1.54) is 116 Å². The minimum absolute atomic E-state index is 0.110. The molecule has 0 radical (unpaired) electrons. The average molecular weight is 625 g/mol. The molecule has 0 saturated heterocycles. The van der Waals surface area contributed by atoms with Crippen LogP contribution < -0.4 is 21.4 Å². The van der Waals surface area contributed by atoms with Gasteiger partial charge in [0.1, 0.15) is 6.04 Å². The Morgan fingerprint density at radius 1 is 0.614 bits per heavy atom. The van der Waals surface area contributed by atoms with Gasteiger partial charge >= 0.3 is 0 Å². The van der Waals surface area contributed by atoms with Crippen molar-refractivity contribution >= 4 is 17.8 Å². The van der Waals surface area contributed by atoms with Gasteiger partial charge in [-0.1, -0.05) is 154 Å². The highest BCUT2D eigenvalue weighted by Crippen LogP contribution is 2.14. The molecular weight excluding hydrogens is 556 g/mol. The number of hydrogen-bond acceptors (Lipinski definition) is 5. The molecule has 1 atom stereocenters. The lowest BCUT2D eigenvalue weighted by Gasteiger charge is -2.19. The first-order valence-electron chi connectivity index (χ1n) is 18.2. The minimum Gasteiger partial charge on any atom is -0.354 e. The molecule has 10 heteroatoms. The van der Waals surface area contributed by atoms with Gasteiger partial charge in [-0.15, -0.1) is 0 Å². The fourth-order valence-corrected chi connectivity index (χ4v) is 5.44. The summed E-state index contributed by atoms with van der Waals surface area (Å²) in [7, 11) is 0. The molecule has 10 nitrogen and oxygen atoms in total. The Bertz CT molecular complexity index is 722. The summed E-state index contributed by atoms with van der Waals surface area (Å²) >= 11 is 0. The summed E-state index contributed by atoms with van der Waals surface area (Å²) in [5.41, 5.74) is 1.75. The Balaban J connectivity index is 4.07. The quantitative estimate of drug-likeness (QED) is 0.0168. The number of hydrazine groups is 1. The summed E-state index contributed by atoms with van der Waals surface area (Å²) in [6, 6.07) is -0.646. The predicted octanol–water partition coefficient (Wildman–Crippen LogP) is 8.08. The smallest absolute Gasteiger partial charge is 0.251 e. The van der Waals surface area contributed by atoms with Crippen LogP contribution >= 0.6 is 0 Å². The van der Waals surface area contributed by atoms with Crippen LogP contribution in [-0.4, -0.2) is 41.9 Å². The van der Waals surface area contributed by atoms with Crippen molar-refractivity contribution in [1.82, 2.24) is 21.4 Å².